The zero-order valence-corrected chi connectivity index (χ0v) is 8.48. The molecule has 1 saturated carbocycles. The summed E-state index contributed by atoms with van der Waals surface area (Å²) in [5.74, 6) is 0. The number of aromatic nitrogens is 2. The SMILES string of the molecule is Cc1c(N)cnn1C1CCC(O)CC1. The highest BCUT2D eigenvalue weighted by Crippen LogP contribution is 2.29. The summed E-state index contributed by atoms with van der Waals surface area (Å²) in [5.41, 5.74) is 7.55. The lowest BCUT2D eigenvalue weighted by Gasteiger charge is -2.26. The van der Waals surface area contributed by atoms with Crippen LogP contribution in [0, 0.1) is 6.92 Å². The average molecular weight is 195 g/mol. The van der Waals surface area contributed by atoms with E-state index in [1.54, 1.807) is 6.20 Å². The molecule has 1 fully saturated rings. The molecule has 1 heterocycles. The molecule has 78 valence electrons. The molecule has 1 aromatic rings. The van der Waals surface area contributed by atoms with Crippen molar-refractivity contribution >= 4 is 5.69 Å². The van der Waals surface area contributed by atoms with Gasteiger partial charge in [0.05, 0.1) is 29.7 Å². The first-order valence-corrected chi connectivity index (χ1v) is 5.16. The Bertz CT molecular complexity index is 313. The summed E-state index contributed by atoms with van der Waals surface area (Å²) in [7, 11) is 0. The number of anilines is 1. The Kier molecular flexibility index (Phi) is 2.46. The van der Waals surface area contributed by atoms with E-state index >= 15 is 0 Å². The van der Waals surface area contributed by atoms with Crippen molar-refractivity contribution in [1.82, 2.24) is 9.78 Å². The van der Waals surface area contributed by atoms with Crippen LogP contribution in [0.25, 0.3) is 0 Å². The van der Waals surface area contributed by atoms with Gasteiger partial charge in [-0.1, -0.05) is 0 Å². The molecule has 0 saturated heterocycles. The van der Waals surface area contributed by atoms with Crippen LogP contribution < -0.4 is 5.73 Å². The van der Waals surface area contributed by atoms with Crippen molar-refractivity contribution < 1.29 is 5.11 Å². The molecule has 2 rings (SSSR count). The molecule has 0 unspecified atom stereocenters. The Morgan fingerprint density at radius 1 is 1.43 bits per heavy atom. The maximum atomic E-state index is 9.39. The molecule has 3 N–H and O–H groups in total. The monoisotopic (exact) mass is 195 g/mol. The summed E-state index contributed by atoms with van der Waals surface area (Å²) < 4.78 is 2.00. The van der Waals surface area contributed by atoms with Gasteiger partial charge in [0.2, 0.25) is 0 Å². The summed E-state index contributed by atoms with van der Waals surface area (Å²) in [6, 6.07) is 0.427. The number of rotatable bonds is 1. The molecule has 4 heteroatoms. The summed E-state index contributed by atoms with van der Waals surface area (Å²) in [6.07, 6.45) is 5.36. The van der Waals surface area contributed by atoms with Gasteiger partial charge in [-0.05, 0) is 32.6 Å². The van der Waals surface area contributed by atoms with Crippen LogP contribution in [-0.4, -0.2) is 21.0 Å². The Labute approximate surface area is 83.7 Å². The van der Waals surface area contributed by atoms with Crippen LogP contribution >= 0.6 is 0 Å². The summed E-state index contributed by atoms with van der Waals surface area (Å²) in [5, 5.41) is 13.7. The number of nitrogens with two attached hydrogens (primary N) is 1. The first-order valence-electron chi connectivity index (χ1n) is 5.16. The van der Waals surface area contributed by atoms with Crippen molar-refractivity contribution in [3.8, 4) is 0 Å². The zero-order valence-electron chi connectivity index (χ0n) is 8.48. The predicted molar refractivity (Wildman–Crippen MR) is 54.9 cm³/mol. The van der Waals surface area contributed by atoms with Crippen LogP contribution in [0.2, 0.25) is 0 Å². The minimum atomic E-state index is -0.112. The molecule has 0 amide bonds. The van der Waals surface area contributed by atoms with E-state index in [9.17, 15) is 5.11 Å². The molecule has 14 heavy (non-hydrogen) atoms. The number of aliphatic hydroxyl groups excluding tert-OH is 1. The van der Waals surface area contributed by atoms with Gasteiger partial charge >= 0.3 is 0 Å². The first-order chi connectivity index (χ1) is 6.68. The van der Waals surface area contributed by atoms with E-state index in [-0.39, 0.29) is 6.10 Å². The predicted octanol–water partition coefficient (Wildman–Crippen LogP) is 1.25. The number of nitrogen functional groups attached to an aromatic ring is 1. The summed E-state index contributed by atoms with van der Waals surface area (Å²) >= 11 is 0. The lowest BCUT2D eigenvalue weighted by molar-refractivity contribution is 0.107. The van der Waals surface area contributed by atoms with E-state index in [1.165, 1.54) is 0 Å². The number of aliphatic hydroxyl groups is 1. The largest absolute Gasteiger partial charge is 0.396 e. The van der Waals surface area contributed by atoms with Gasteiger partial charge in [0.15, 0.2) is 0 Å². The summed E-state index contributed by atoms with van der Waals surface area (Å²) in [6.45, 7) is 1.99. The van der Waals surface area contributed by atoms with Gasteiger partial charge in [-0.2, -0.15) is 5.10 Å². The minimum Gasteiger partial charge on any atom is -0.396 e. The average Bonchev–Trinajstić information content (AvgIpc) is 2.50. The molecule has 0 radical (unpaired) electrons. The van der Waals surface area contributed by atoms with Gasteiger partial charge in [-0.25, -0.2) is 0 Å². The van der Waals surface area contributed by atoms with E-state index in [0.717, 1.165) is 37.1 Å². The normalized spacial score (nSPS) is 27.9. The Balaban J connectivity index is 2.12. The van der Waals surface area contributed by atoms with Gasteiger partial charge < -0.3 is 10.8 Å². The standard InChI is InChI=1S/C10H17N3O/c1-7-10(11)6-12-13(7)8-2-4-9(14)5-3-8/h6,8-9,14H,2-5,11H2,1H3. The zero-order chi connectivity index (χ0) is 10.1. The molecular formula is C10H17N3O. The molecule has 1 aliphatic rings. The molecule has 0 aliphatic heterocycles. The highest BCUT2D eigenvalue weighted by Gasteiger charge is 2.22. The quantitative estimate of drug-likeness (QED) is 0.708. The van der Waals surface area contributed by atoms with Crippen molar-refractivity contribution in [3.05, 3.63) is 11.9 Å². The Morgan fingerprint density at radius 3 is 2.57 bits per heavy atom. The van der Waals surface area contributed by atoms with Gasteiger partial charge in [-0.15, -0.1) is 0 Å². The molecule has 0 spiro atoms. The fraction of sp³-hybridized carbons (Fsp3) is 0.700. The molecule has 0 atom stereocenters. The second kappa shape index (κ2) is 3.61. The lowest BCUT2D eigenvalue weighted by atomic mass is 9.93. The molecule has 4 nitrogen and oxygen atoms in total. The minimum absolute atomic E-state index is 0.112. The van der Waals surface area contributed by atoms with Gasteiger partial charge in [0.1, 0.15) is 0 Å². The third-order valence-corrected chi connectivity index (χ3v) is 3.09. The maximum Gasteiger partial charge on any atom is 0.0730 e. The van der Waals surface area contributed by atoms with Crippen LogP contribution in [0.5, 0.6) is 0 Å². The van der Waals surface area contributed by atoms with E-state index in [4.69, 9.17) is 5.73 Å². The van der Waals surface area contributed by atoms with E-state index in [2.05, 4.69) is 5.10 Å². The van der Waals surface area contributed by atoms with E-state index < -0.39 is 0 Å². The molecule has 1 aromatic heterocycles. The fourth-order valence-corrected chi connectivity index (χ4v) is 2.11. The van der Waals surface area contributed by atoms with Crippen molar-refractivity contribution in [2.24, 2.45) is 0 Å². The maximum absolute atomic E-state index is 9.39. The van der Waals surface area contributed by atoms with Crippen LogP contribution in [0.4, 0.5) is 5.69 Å². The van der Waals surface area contributed by atoms with Crippen LogP contribution in [0.1, 0.15) is 37.4 Å². The number of hydrogen-bond donors (Lipinski definition) is 2. The van der Waals surface area contributed by atoms with Gasteiger partial charge in [0, 0.05) is 0 Å². The van der Waals surface area contributed by atoms with Gasteiger partial charge in [-0.3, -0.25) is 4.68 Å². The smallest absolute Gasteiger partial charge is 0.0730 e. The second-order valence-electron chi connectivity index (χ2n) is 4.09. The second-order valence-corrected chi connectivity index (χ2v) is 4.09. The topological polar surface area (TPSA) is 64.1 Å². The Hall–Kier alpha value is -1.03. The van der Waals surface area contributed by atoms with Crippen LogP contribution in [0.3, 0.4) is 0 Å². The summed E-state index contributed by atoms with van der Waals surface area (Å²) in [4.78, 5) is 0. The van der Waals surface area contributed by atoms with E-state index in [1.807, 2.05) is 11.6 Å². The molecule has 1 aliphatic carbocycles. The molecule has 0 aromatic carbocycles. The highest BCUT2D eigenvalue weighted by molar-refractivity contribution is 5.39. The van der Waals surface area contributed by atoms with Crippen LogP contribution in [0.15, 0.2) is 6.20 Å². The Morgan fingerprint density at radius 2 is 2.07 bits per heavy atom. The van der Waals surface area contributed by atoms with Crippen molar-refractivity contribution in [1.29, 1.82) is 0 Å². The third-order valence-electron chi connectivity index (χ3n) is 3.09. The number of hydrogen-bond acceptors (Lipinski definition) is 3. The fourth-order valence-electron chi connectivity index (χ4n) is 2.11. The first kappa shape index (κ1) is 9.52. The van der Waals surface area contributed by atoms with Crippen molar-refractivity contribution in [3.63, 3.8) is 0 Å². The highest BCUT2D eigenvalue weighted by atomic mass is 16.3. The number of nitrogens with zero attached hydrogens (tertiary/aromatic N) is 2. The third kappa shape index (κ3) is 1.62. The molecule has 0 bridgehead atoms. The van der Waals surface area contributed by atoms with Gasteiger partial charge in [0.25, 0.3) is 0 Å². The van der Waals surface area contributed by atoms with E-state index in [0.29, 0.717) is 6.04 Å². The lowest BCUT2D eigenvalue weighted by Crippen LogP contribution is -2.22. The van der Waals surface area contributed by atoms with Crippen molar-refractivity contribution in [2.75, 3.05) is 5.73 Å². The van der Waals surface area contributed by atoms with Crippen LogP contribution in [-0.2, 0) is 0 Å². The molecular weight excluding hydrogens is 178 g/mol. The van der Waals surface area contributed by atoms with Crippen molar-refractivity contribution in [2.45, 2.75) is 44.8 Å².